The van der Waals surface area contributed by atoms with Crippen molar-refractivity contribution < 1.29 is 13.2 Å². The molecule has 3 rings (SSSR count). The second-order valence-corrected chi connectivity index (χ2v) is 8.65. The number of nitrogens with zero attached hydrogens (tertiary/aromatic N) is 2. The first-order valence-corrected chi connectivity index (χ1v) is 10.8. The lowest BCUT2D eigenvalue weighted by molar-refractivity contribution is 0.402. The van der Waals surface area contributed by atoms with Gasteiger partial charge in [-0.3, -0.25) is 4.72 Å². The average Bonchev–Trinajstić information content (AvgIpc) is 2.93. The standard InChI is InChI=1S/C20H27N3O3S/c1-15-12-18(26-3)19(13-16(15)2)27(24,25)22-20-9-8-17(14-21-20)23-10-6-4-5-7-11-23/h8-9,12-14H,4-7,10-11H2,1-3H3,(H,21,22). The van der Waals surface area contributed by atoms with E-state index in [1.54, 1.807) is 24.4 Å². The number of aromatic nitrogens is 1. The van der Waals surface area contributed by atoms with Gasteiger partial charge in [-0.25, -0.2) is 13.4 Å². The average molecular weight is 390 g/mol. The molecule has 1 saturated heterocycles. The van der Waals surface area contributed by atoms with Crippen molar-refractivity contribution in [3.8, 4) is 5.75 Å². The summed E-state index contributed by atoms with van der Waals surface area (Å²) in [5.74, 6) is 0.626. The summed E-state index contributed by atoms with van der Waals surface area (Å²) in [5, 5.41) is 0. The van der Waals surface area contributed by atoms with Crippen molar-refractivity contribution in [2.45, 2.75) is 44.4 Å². The molecule has 1 aromatic carbocycles. The zero-order valence-corrected chi connectivity index (χ0v) is 17.0. The lowest BCUT2D eigenvalue weighted by atomic mass is 10.1. The van der Waals surface area contributed by atoms with Gasteiger partial charge in [-0.2, -0.15) is 0 Å². The summed E-state index contributed by atoms with van der Waals surface area (Å²) < 4.78 is 33.5. The molecule has 0 atom stereocenters. The van der Waals surface area contributed by atoms with Gasteiger partial charge in [0, 0.05) is 13.1 Å². The Hall–Kier alpha value is -2.28. The Labute approximate surface area is 161 Å². The summed E-state index contributed by atoms with van der Waals surface area (Å²) in [4.78, 5) is 6.75. The number of aryl methyl sites for hydroxylation is 2. The molecule has 27 heavy (non-hydrogen) atoms. The first kappa shape index (κ1) is 19.5. The van der Waals surface area contributed by atoms with Crippen LogP contribution < -0.4 is 14.4 Å². The minimum Gasteiger partial charge on any atom is -0.495 e. The molecule has 146 valence electrons. The van der Waals surface area contributed by atoms with Crippen LogP contribution in [0.1, 0.15) is 36.8 Å². The van der Waals surface area contributed by atoms with Crippen LogP contribution in [0.2, 0.25) is 0 Å². The molecule has 1 aromatic heterocycles. The van der Waals surface area contributed by atoms with E-state index >= 15 is 0 Å². The molecular formula is C20H27N3O3S. The van der Waals surface area contributed by atoms with E-state index in [0.717, 1.165) is 29.9 Å². The third kappa shape index (κ3) is 4.53. The Balaban J connectivity index is 1.81. The van der Waals surface area contributed by atoms with E-state index in [9.17, 15) is 8.42 Å². The molecule has 6 nitrogen and oxygen atoms in total. The van der Waals surface area contributed by atoms with Crippen molar-refractivity contribution in [2.75, 3.05) is 29.8 Å². The predicted octanol–water partition coefficient (Wildman–Crippen LogP) is 3.89. The van der Waals surface area contributed by atoms with Crippen LogP contribution in [0.3, 0.4) is 0 Å². The number of ether oxygens (including phenoxy) is 1. The van der Waals surface area contributed by atoms with Gasteiger partial charge in [-0.15, -0.1) is 0 Å². The highest BCUT2D eigenvalue weighted by Crippen LogP contribution is 2.29. The van der Waals surface area contributed by atoms with Crippen molar-refractivity contribution in [2.24, 2.45) is 0 Å². The maximum absolute atomic E-state index is 12.8. The summed E-state index contributed by atoms with van der Waals surface area (Å²) in [6.07, 6.45) is 6.63. The van der Waals surface area contributed by atoms with Crippen LogP contribution in [-0.4, -0.2) is 33.6 Å². The van der Waals surface area contributed by atoms with Crippen molar-refractivity contribution in [1.29, 1.82) is 0 Å². The Morgan fingerprint density at radius 2 is 1.70 bits per heavy atom. The fourth-order valence-corrected chi connectivity index (χ4v) is 4.53. The predicted molar refractivity (Wildman–Crippen MR) is 108 cm³/mol. The van der Waals surface area contributed by atoms with Crippen LogP contribution in [0.25, 0.3) is 0 Å². The minimum atomic E-state index is -3.79. The van der Waals surface area contributed by atoms with Gasteiger partial charge in [0.15, 0.2) is 0 Å². The van der Waals surface area contributed by atoms with Crippen molar-refractivity contribution in [1.82, 2.24) is 4.98 Å². The Morgan fingerprint density at radius 1 is 1.04 bits per heavy atom. The zero-order valence-electron chi connectivity index (χ0n) is 16.2. The number of hydrogen-bond donors (Lipinski definition) is 1. The topological polar surface area (TPSA) is 71.5 Å². The van der Waals surface area contributed by atoms with Gasteiger partial charge < -0.3 is 9.64 Å². The molecule has 1 N–H and O–H groups in total. The van der Waals surface area contributed by atoms with Gasteiger partial charge >= 0.3 is 0 Å². The van der Waals surface area contributed by atoms with Crippen molar-refractivity contribution in [3.63, 3.8) is 0 Å². The van der Waals surface area contributed by atoms with E-state index in [1.165, 1.54) is 32.8 Å². The molecule has 0 radical (unpaired) electrons. The molecular weight excluding hydrogens is 362 g/mol. The largest absolute Gasteiger partial charge is 0.495 e. The van der Waals surface area contributed by atoms with Crippen LogP contribution in [0, 0.1) is 13.8 Å². The van der Waals surface area contributed by atoms with Crippen molar-refractivity contribution in [3.05, 3.63) is 41.6 Å². The van der Waals surface area contributed by atoms with Gasteiger partial charge in [0.1, 0.15) is 16.5 Å². The molecule has 2 heterocycles. The maximum atomic E-state index is 12.8. The molecule has 1 aliphatic rings. The Morgan fingerprint density at radius 3 is 2.30 bits per heavy atom. The first-order chi connectivity index (χ1) is 12.9. The number of hydrogen-bond acceptors (Lipinski definition) is 5. The third-order valence-electron chi connectivity index (χ3n) is 5.03. The van der Waals surface area contributed by atoms with Crippen molar-refractivity contribution >= 4 is 21.5 Å². The molecule has 7 heteroatoms. The third-order valence-corrected chi connectivity index (χ3v) is 6.40. The van der Waals surface area contributed by atoms with Crippen LogP contribution in [-0.2, 0) is 10.0 Å². The number of methoxy groups -OCH3 is 1. The fraction of sp³-hybridized carbons (Fsp3) is 0.450. The monoisotopic (exact) mass is 389 g/mol. The second kappa shape index (κ2) is 8.17. The second-order valence-electron chi connectivity index (χ2n) is 7.00. The molecule has 0 saturated carbocycles. The van der Waals surface area contributed by atoms with Gasteiger partial charge in [0.05, 0.1) is 19.0 Å². The van der Waals surface area contributed by atoms with Gasteiger partial charge in [-0.1, -0.05) is 12.8 Å². The molecule has 0 aliphatic carbocycles. The van der Waals surface area contributed by atoms with Gasteiger partial charge in [-0.05, 0) is 62.1 Å². The lowest BCUT2D eigenvalue weighted by Gasteiger charge is -2.22. The molecule has 0 bridgehead atoms. The number of rotatable bonds is 5. The lowest BCUT2D eigenvalue weighted by Crippen LogP contribution is -2.24. The summed E-state index contributed by atoms with van der Waals surface area (Å²) in [7, 11) is -2.32. The normalized spacial score (nSPS) is 15.3. The fourth-order valence-electron chi connectivity index (χ4n) is 3.29. The summed E-state index contributed by atoms with van der Waals surface area (Å²) >= 11 is 0. The minimum absolute atomic E-state index is 0.117. The number of benzene rings is 1. The van der Waals surface area contributed by atoms with Crippen LogP contribution in [0.4, 0.5) is 11.5 Å². The number of sulfonamides is 1. The van der Waals surface area contributed by atoms with E-state index in [2.05, 4.69) is 14.6 Å². The van der Waals surface area contributed by atoms with Crippen LogP contribution in [0.5, 0.6) is 5.75 Å². The number of nitrogens with one attached hydrogen (secondary N) is 1. The molecule has 0 unspecified atom stereocenters. The van der Waals surface area contributed by atoms with E-state index in [1.807, 2.05) is 19.9 Å². The maximum Gasteiger partial charge on any atom is 0.266 e. The Kier molecular flexibility index (Phi) is 5.89. The number of pyridine rings is 1. The van der Waals surface area contributed by atoms with E-state index in [4.69, 9.17) is 4.74 Å². The summed E-state index contributed by atoms with van der Waals surface area (Å²) in [6.45, 7) is 5.84. The van der Waals surface area contributed by atoms with Crippen LogP contribution in [0.15, 0.2) is 35.4 Å². The number of anilines is 2. The molecule has 1 fully saturated rings. The smallest absolute Gasteiger partial charge is 0.266 e. The van der Waals surface area contributed by atoms with E-state index in [0.29, 0.717) is 11.6 Å². The highest BCUT2D eigenvalue weighted by Gasteiger charge is 2.21. The van der Waals surface area contributed by atoms with Gasteiger partial charge in [0.25, 0.3) is 10.0 Å². The molecule has 0 spiro atoms. The zero-order chi connectivity index (χ0) is 19.4. The van der Waals surface area contributed by atoms with Gasteiger partial charge in [0.2, 0.25) is 0 Å². The van der Waals surface area contributed by atoms with E-state index in [-0.39, 0.29) is 4.90 Å². The highest BCUT2D eigenvalue weighted by molar-refractivity contribution is 7.92. The molecule has 1 aliphatic heterocycles. The Bertz CT molecular complexity index is 887. The highest BCUT2D eigenvalue weighted by atomic mass is 32.2. The van der Waals surface area contributed by atoms with Crippen LogP contribution >= 0.6 is 0 Å². The molecule has 2 aromatic rings. The quantitative estimate of drug-likeness (QED) is 0.840. The SMILES string of the molecule is COc1cc(C)c(C)cc1S(=O)(=O)Nc1ccc(N2CCCCCC2)cn1. The van der Waals surface area contributed by atoms with E-state index < -0.39 is 10.0 Å². The molecule has 0 amide bonds. The summed E-state index contributed by atoms with van der Waals surface area (Å²) in [5.41, 5.74) is 2.90. The summed E-state index contributed by atoms with van der Waals surface area (Å²) in [6, 6.07) is 7.00. The first-order valence-electron chi connectivity index (χ1n) is 9.30.